The average molecular weight is 415 g/mol. The molecule has 0 spiro atoms. The van der Waals surface area contributed by atoms with Crippen LogP contribution in [0.2, 0.25) is 0 Å². The molecule has 7 heteroatoms. The number of carbonyl (C=O) groups excluding carboxylic acids is 2. The monoisotopic (exact) mass is 414 g/mol. The highest BCUT2D eigenvalue weighted by Crippen LogP contribution is 2.29. The van der Waals surface area contributed by atoms with Gasteiger partial charge in [-0.1, -0.05) is 13.8 Å². The maximum absolute atomic E-state index is 12.6. The number of amides is 2. The fourth-order valence-electron chi connectivity index (χ4n) is 2.54. The Morgan fingerprint density at radius 3 is 2.13 bits per heavy atom. The first-order valence-electron chi connectivity index (χ1n) is 10.3. The minimum atomic E-state index is -0.255. The molecular weight excluding hydrogens is 384 g/mol. The zero-order chi connectivity index (χ0) is 21.8. The van der Waals surface area contributed by atoms with Crippen molar-refractivity contribution in [3.8, 4) is 17.2 Å². The predicted octanol–water partition coefficient (Wildman–Crippen LogP) is 4.03. The highest BCUT2D eigenvalue weighted by atomic mass is 16.5. The number of hydrogen-bond donors (Lipinski definition) is 2. The van der Waals surface area contributed by atoms with Crippen LogP contribution >= 0.6 is 0 Å². The number of hydrogen-bond acceptors (Lipinski definition) is 5. The third kappa shape index (κ3) is 7.31. The second-order valence-electron chi connectivity index (χ2n) is 6.58. The van der Waals surface area contributed by atoms with E-state index in [2.05, 4.69) is 10.6 Å². The zero-order valence-electron chi connectivity index (χ0n) is 17.8. The average Bonchev–Trinajstić information content (AvgIpc) is 2.76. The van der Waals surface area contributed by atoms with Crippen LogP contribution in [-0.4, -0.2) is 38.2 Å². The van der Waals surface area contributed by atoms with Gasteiger partial charge in [-0.15, -0.1) is 0 Å². The van der Waals surface area contributed by atoms with Crippen molar-refractivity contribution in [2.75, 3.05) is 31.7 Å². The quantitative estimate of drug-likeness (QED) is 0.548. The Morgan fingerprint density at radius 2 is 1.50 bits per heavy atom. The van der Waals surface area contributed by atoms with Gasteiger partial charge in [0.15, 0.2) is 18.1 Å². The summed E-state index contributed by atoms with van der Waals surface area (Å²) in [6.07, 6.45) is 1.75. The fourth-order valence-corrected chi connectivity index (χ4v) is 2.54. The van der Waals surface area contributed by atoms with Gasteiger partial charge in [0, 0.05) is 17.8 Å². The topological polar surface area (TPSA) is 85.9 Å². The number of likely N-dealkylation sites (N-methyl/N-ethyl adjacent to an activating group) is 1. The number of benzene rings is 2. The van der Waals surface area contributed by atoms with Gasteiger partial charge >= 0.3 is 0 Å². The molecule has 2 aromatic carbocycles. The van der Waals surface area contributed by atoms with Crippen molar-refractivity contribution >= 4 is 17.5 Å². The molecule has 162 valence electrons. The van der Waals surface area contributed by atoms with Crippen molar-refractivity contribution in [2.45, 2.75) is 33.6 Å². The first-order chi connectivity index (χ1) is 14.6. The molecule has 0 aromatic heterocycles. The van der Waals surface area contributed by atoms with Crippen LogP contribution in [0.25, 0.3) is 0 Å². The van der Waals surface area contributed by atoms with Gasteiger partial charge in [-0.3, -0.25) is 9.59 Å². The Kier molecular flexibility index (Phi) is 9.51. The van der Waals surface area contributed by atoms with Crippen LogP contribution in [0.15, 0.2) is 42.5 Å². The number of anilines is 1. The van der Waals surface area contributed by atoms with E-state index in [0.29, 0.717) is 48.3 Å². The largest absolute Gasteiger partial charge is 0.490 e. The van der Waals surface area contributed by atoms with Crippen molar-refractivity contribution in [1.82, 2.24) is 5.32 Å². The Balaban J connectivity index is 2.01. The molecule has 0 saturated heterocycles. The van der Waals surface area contributed by atoms with E-state index in [1.54, 1.807) is 42.5 Å². The van der Waals surface area contributed by atoms with Gasteiger partial charge in [-0.05, 0) is 62.2 Å². The smallest absolute Gasteiger partial charge is 0.257 e. The van der Waals surface area contributed by atoms with E-state index >= 15 is 0 Å². The molecule has 0 saturated carbocycles. The van der Waals surface area contributed by atoms with Crippen LogP contribution in [-0.2, 0) is 4.79 Å². The van der Waals surface area contributed by atoms with Crippen LogP contribution in [0.1, 0.15) is 44.0 Å². The number of ether oxygens (including phenoxy) is 3. The third-order valence-electron chi connectivity index (χ3n) is 3.99. The number of carbonyl (C=O) groups is 2. The summed E-state index contributed by atoms with van der Waals surface area (Å²) in [5.41, 5.74) is 1.09. The molecule has 2 aromatic rings. The molecule has 0 aliphatic carbocycles. The van der Waals surface area contributed by atoms with E-state index < -0.39 is 0 Å². The van der Waals surface area contributed by atoms with E-state index in [0.717, 1.165) is 12.8 Å². The van der Waals surface area contributed by atoms with E-state index in [4.69, 9.17) is 14.2 Å². The molecule has 0 aliphatic rings. The predicted molar refractivity (Wildman–Crippen MR) is 117 cm³/mol. The van der Waals surface area contributed by atoms with Crippen molar-refractivity contribution in [3.63, 3.8) is 0 Å². The van der Waals surface area contributed by atoms with Crippen molar-refractivity contribution in [2.24, 2.45) is 0 Å². The zero-order valence-corrected chi connectivity index (χ0v) is 17.8. The summed E-state index contributed by atoms with van der Waals surface area (Å²) in [5.74, 6) is 1.31. The maximum atomic E-state index is 12.6. The van der Waals surface area contributed by atoms with Crippen LogP contribution < -0.4 is 24.8 Å². The van der Waals surface area contributed by atoms with Crippen molar-refractivity contribution in [1.29, 1.82) is 0 Å². The van der Waals surface area contributed by atoms with Crippen LogP contribution in [0, 0.1) is 0 Å². The van der Waals surface area contributed by atoms with Crippen molar-refractivity contribution < 1.29 is 23.8 Å². The Hall–Kier alpha value is -3.22. The summed E-state index contributed by atoms with van der Waals surface area (Å²) in [7, 11) is 0. The summed E-state index contributed by atoms with van der Waals surface area (Å²) in [6, 6.07) is 12.0. The van der Waals surface area contributed by atoms with E-state index in [-0.39, 0.29) is 18.4 Å². The highest BCUT2D eigenvalue weighted by molar-refractivity contribution is 6.04. The molecule has 0 atom stereocenters. The Bertz CT molecular complexity index is 821. The fraction of sp³-hybridized carbons (Fsp3) is 0.391. The van der Waals surface area contributed by atoms with E-state index in [1.165, 1.54) is 0 Å². The third-order valence-corrected chi connectivity index (χ3v) is 3.99. The minimum Gasteiger partial charge on any atom is -0.490 e. The summed E-state index contributed by atoms with van der Waals surface area (Å²) in [5, 5.41) is 5.51. The number of nitrogens with one attached hydrogen (secondary N) is 2. The molecule has 0 unspecified atom stereocenters. The molecule has 2 rings (SSSR count). The van der Waals surface area contributed by atoms with Gasteiger partial charge in [-0.25, -0.2) is 0 Å². The lowest BCUT2D eigenvalue weighted by atomic mass is 10.1. The molecule has 0 aliphatic heterocycles. The molecule has 0 heterocycles. The molecule has 2 N–H and O–H groups in total. The van der Waals surface area contributed by atoms with Gasteiger partial charge in [0.2, 0.25) is 0 Å². The second-order valence-corrected chi connectivity index (χ2v) is 6.58. The standard InChI is InChI=1S/C23H30N2O5/c1-4-13-28-20-12-7-17(15-21(20)29-14-5-2)23(27)25-18-8-10-19(11-9-18)30-16-22(26)24-6-3/h7-12,15H,4-6,13-14,16H2,1-3H3,(H,24,26)(H,25,27). The Labute approximate surface area is 177 Å². The van der Waals surface area contributed by atoms with Gasteiger partial charge in [0.05, 0.1) is 13.2 Å². The molecular formula is C23H30N2O5. The molecule has 0 radical (unpaired) electrons. The van der Waals surface area contributed by atoms with Crippen LogP contribution in [0.5, 0.6) is 17.2 Å². The first-order valence-corrected chi connectivity index (χ1v) is 10.3. The summed E-state index contributed by atoms with van der Waals surface area (Å²) >= 11 is 0. The molecule has 0 fully saturated rings. The SMILES string of the molecule is CCCOc1ccc(C(=O)Nc2ccc(OCC(=O)NCC)cc2)cc1OCCC. The number of rotatable bonds is 12. The van der Waals surface area contributed by atoms with E-state index in [9.17, 15) is 9.59 Å². The van der Waals surface area contributed by atoms with E-state index in [1.807, 2.05) is 20.8 Å². The molecule has 7 nitrogen and oxygen atoms in total. The van der Waals surface area contributed by atoms with Gasteiger partial charge in [0.1, 0.15) is 5.75 Å². The molecule has 30 heavy (non-hydrogen) atoms. The maximum Gasteiger partial charge on any atom is 0.257 e. The summed E-state index contributed by atoms with van der Waals surface area (Å²) in [6.45, 7) is 7.54. The Morgan fingerprint density at radius 1 is 0.833 bits per heavy atom. The first kappa shape index (κ1) is 23.1. The second kappa shape index (κ2) is 12.4. The van der Waals surface area contributed by atoms with Gasteiger partial charge in [-0.2, -0.15) is 0 Å². The lowest BCUT2D eigenvalue weighted by Gasteiger charge is -2.14. The van der Waals surface area contributed by atoms with Crippen LogP contribution in [0.4, 0.5) is 5.69 Å². The highest BCUT2D eigenvalue weighted by Gasteiger charge is 2.12. The summed E-state index contributed by atoms with van der Waals surface area (Å²) < 4.78 is 16.9. The molecule has 0 bridgehead atoms. The van der Waals surface area contributed by atoms with Crippen LogP contribution in [0.3, 0.4) is 0 Å². The van der Waals surface area contributed by atoms with Gasteiger partial charge < -0.3 is 24.8 Å². The molecule has 2 amide bonds. The normalized spacial score (nSPS) is 10.2. The lowest BCUT2D eigenvalue weighted by molar-refractivity contribution is -0.122. The van der Waals surface area contributed by atoms with Gasteiger partial charge in [0.25, 0.3) is 11.8 Å². The lowest BCUT2D eigenvalue weighted by Crippen LogP contribution is -2.28. The minimum absolute atomic E-state index is 0.0491. The summed E-state index contributed by atoms with van der Waals surface area (Å²) in [4.78, 5) is 24.1. The van der Waals surface area contributed by atoms with Crippen molar-refractivity contribution in [3.05, 3.63) is 48.0 Å².